The fraction of sp³-hybridized carbons (Fsp3) is 0.400. The molecule has 2 aromatic rings. The van der Waals surface area contributed by atoms with E-state index in [1.54, 1.807) is 30.3 Å². The van der Waals surface area contributed by atoms with E-state index in [-0.39, 0.29) is 18.5 Å². The zero-order valence-corrected chi connectivity index (χ0v) is 13.4. The third kappa shape index (κ3) is 3.53. The molecule has 23 heavy (non-hydrogen) atoms. The number of nitrogens with zero attached hydrogens (tertiary/aromatic N) is 4. The topological polar surface area (TPSA) is 96.3 Å². The highest BCUT2D eigenvalue weighted by Gasteiger charge is 2.35. The average molecular weight is 332 g/mol. The van der Waals surface area contributed by atoms with Crippen LogP contribution in [0.3, 0.4) is 0 Å². The fourth-order valence-electron chi connectivity index (χ4n) is 2.18. The van der Waals surface area contributed by atoms with Gasteiger partial charge in [-0.1, -0.05) is 6.92 Å². The standard InChI is InChI=1S/C15H16N4O3S/c1-9(15(21)22)8-19(10-3-4-10)14(20)11-7-18-13(23-11)12-16-5-2-6-17-12/h2,5-7,9-10H,3-4,8H2,1H3,(H,21,22). The monoisotopic (exact) mass is 332 g/mol. The molecular weight excluding hydrogens is 316 g/mol. The van der Waals surface area contributed by atoms with Crippen LogP contribution < -0.4 is 0 Å². The van der Waals surface area contributed by atoms with Gasteiger partial charge in [0.25, 0.3) is 5.91 Å². The van der Waals surface area contributed by atoms with Crippen LogP contribution in [0.1, 0.15) is 29.4 Å². The maximum absolute atomic E-state index is 12.7. The van der Waals surface area contributed by atoms with Crippen molar-refractivity contribution in [3.8, 4) is 10.8 Å². The Bertz CT molecular complexity index is 715. The Kier molecular flexibility index (Phi) is 4.33. The van der Waals surface area contributed by atoms with Gasteiger partial charge in [0.15, 0.2) is 10.8 Å². The van der Waals surface area contributed by atoms with Gasteiger partial charge in [0.1, 0.15) is 4.88 Å². The van der Waals surface area contributed by atoms with Crippen LogP contribution in [0.15, 0.2) is 24.7 Å². The molecule has 1 amide bonds. The molecule has 0 radical (unpaired) electrons. The first kappa shape index (κ1) is 15.5. The molecule has 0 aromatic carbocycles. The molecule has 2 aromatic heterocycles. The molecule has 1 aliphatic carbocycles. The van der Waals surface area contributed by atoms with Crippen LogP contribution in [0.5, 0.6) is 0 Å². The zero-order chi connectivity index (χ0) is 16.4. The first-order valence-electron chi connectivity index (χ1n) is 7.33. The van der Waals surface area contributed by atoms with Gasteiger partial charge in [-0.3, -0.25) is 9.59 Å². The fourth-order valence-corrected chi connectivity index (χ4v) is 3.00. The second-order valence-corrected chi connectivity index (χ2v) is 6.56. The summed E-state index contributed by atoms with van der Waals surface area (Å²) < 4.78 is 0. The van der Waals surface area contributed by atoms with Crippen LogP contribution in [0.25, 0.3) is 10.8 Å². The second-order valence-electron chi connectivity index (χ2n) is 5.53. The number of thiazole rings is 1. The summed E-state index contributed by atoms with van der Waals surface area (Å²) in [7, 11) is 0. The van der Waals surface area contributed by atoms with Crippen LogP contribution in [0.2, 0.25) is 0 Å². The van der Waals surface area contributed by atoms with Crippen LogP contribution in [-0.4, -0.2) is 49.4 Å². The molecule has 0 aliphatic heterocycles. The first-order chi connectivity index (χ1) is 11.1. The minimum absolute atomic E-state index is 0.142. The molecule has 8 heteroatoms. The van der Waals surface area contributed by atoms with Crippen LogP contribution in [-0.2, 0) is 4.79 Å². The maximum Gasteiger partial charge on any atom is 0.308 e. The minimum atomic E-state index is -0.897. The summed E-state index contributed by atoms with van der Waals surface area (Å²) in [4.78, 5) is 38.3. The Balaban J connectivity index is 1.78. The Morgan fingerprint density at radius 1 is 1.35 bits per heavy atom. The summed E-state index contributed by atoms with van der Waals surface area (Å²) in [6.45, 7) is 1.83. The number of carbonyl (C=O) groups is 2. The van der Waals surface area contributed by atoms with E-state index < -0.39 is 11.9 Å². The summed E-state index contributed by atoms with van der Waals surface area (Å²) in [6, 6.07) is 1.86. The Labute approximate surface area is 137 Å². The molecule has 1 N–H and O–H groups in total. The minimum Gasteiger partial charge on any atom is -0.481 e. The van der Waals surface area contributed by atoms with Crippen LogP contribution in [0, 0.1) is 5.92 Å². The predicted octanol–water partition coefficient (Wildman–Crippen LogP) is 1.93. The highest BCUT2D eigenvalue weighted by Crippen LogP contribution is 2.31. The molecule has 1 aliphatic rings. The molecule has 0 saturated heterocycles. The van der Waals surface area contributed by atoms with Gasteiger partial charge in [-0.25, -0.2) is 15.0 Å². The number of carbonyl (C=O) groups excluding carboxylic acids is 1. The van der Waals surface area contributed by atoms with Crippen molar-refractivity contribution in [3.63, 3.8) is 0 Å². The van der Waals surface area contributed by atoms with Gasteiger partial charge in [0, 0.05) is 25.0 Å². The van der Waals surface area contributed by atoms with Gasteiger partial charge >= 0.3 is 5.97 Å². The number of amides is 1. The van der Waals surface area contributed by atoms with E-state index in [4.69, 9.17) is 5.11 Å². The summed E-state index contributed by atoms with van der Waals surface area (Å²) in [6.07, 6.45) is 6.60. The van der Waals surface area contributed by atoms with E-state index >= 15 is 0 Å². The summed E-state index contributed by atoms with van der Waals surface area (Å²) in [5, 5.41) is 9.65. The van der Waals surface area contributed by atoms with Gasteiger partial charge in [-0.15, -0.1) is 11.3 Å². The molecule has 1 saturated carbocycles. The number of aliphatic carboxylic acids is 1. The number of hydrogen-bond donors (Lipinski definition) is 1. The highest BCUT2D eigenvalue weighted by atomic mass is 32.1. The summed E-state index contributed by atoms with van der Waals surface area (Å²) in [5.41, 5.74) is 0. The molecule has 7 nitrogen and oxygen atoms in total. The van der Waals surface area contributed by atoms with Gasteiger partial charge < -0.3 is 10.0 Å². The van der Waals surface area contributed by atoms with Crippen molar-refractivity contribution in [2.75, 3.05) is 6.54 Å². The van der Waals surface area contributed by atoms with Crippen molar-refractivity contribution in [2.45, 2.75) is 25.8 Å². The summed E-state index contributed by atoms with van der Waals surface area (Å²) >= 11 is 1.23. The molecule has 1 unspecified atom stereocenters. The van der Waals surface area contributed by atoms with Crippen LogP contribution >= 0.6 is 11.3 Å². The number of carboxylic acid groups (broad SMARTS) is 1. The Morgan fingerprint density at radius 3 is 2.65 bits per heavy atom. The van der Waals surface area contributed by atoms with Crippen molar-refractivity contribution in [1.29, 1.82) is 0 Å². The SMILES string of the molecule is CC(CN(C(=O)c1cnc(-c2ncccn2)s1)C1CC1)C(=O)O. The molecule has 120 valence electrons. The highest BCUT2D eigenvalue weighted by molar-refractivity contribution is 7.16. The van der Waals surface area contributed by atoms with Gasteiger partial charge in [0.2, 0.25) is 0 Å². The predicted molar refractivity (Wildman–Crippen MR) is 84.0 cm³/mol. The molecule has 1 fully saturated rings. The van der Waals surface area contributed by atoms with Gasteiger partial charge in [-0.2, -0.15) is 0 Å². The van der Waals surface area contributed by atoms with Crippen molar-refractivity contribution in [3.05, 3.63) is 29.5 Å². The lowest BCUT2D eigenvalue weighted by molar-refractivity contribution is -0.141. The molecule has 3 rings (SSSR count). The first-order valence-corrected chi connectivity index (χ1v) is 8.15. The average Bonchev–Trinajstić information content (AvgIpc) is 3.28. The van der Waals surface area contributed by atoms with Crippen molar-refractivity contribution in [2.24, 2.45) is 5.92 Å². The zero-order valence-electron chi connectivity index (χ0n) is 12.5. The normalized spacial score (nSPS) is 15.2. The van der Waals surface area contributed by atoms with Gasteiger partial charge in [0.05, 0.1) is 12.1 Å². The molecule has 1 atom stereocenters. The molecule has 0 spiro atoms. The Hall–Kier alpha value is -2.35. The van der Waals surface area contributed by atoms with Crippen molar-refractivity contribution < 1.29 is 14.7 Å². The van der Waals surface area contributed by atoms with E-state index in [1.807, 2.05) is 0 Å². The van der Waals surface area contributed by atoms with E-state index in [0.717, 1.165) is 12.8 Å². The molecule has 2 heterocycles. The number of carboxylic acids is 1. The van der Waals surface area contributed by atoms with Gasteiger partial charge in [-0.05, 0) is 18.9 Å². The largest absolute Gasteiger partial charge is 0.481 e. The van der Waals surface area contributed by atoms with E-state index in [1.165, 1.54) is 17.5 Å². The maximum atomic E-state index is 12.7. The van der Waals surface area contributed by atoms with Crippen LogP contribution in [0.4, 0.5) is 0 Å². The summed E-state index contributed by atoms with van der Waals surface area (Å²) in [5.74, 6) is -1.18. The lowest BCUT2D eigenvalue weighted by Crippen LogP contribution is -2.38. The van der Waals surface area contributed by atoms with E-state index in [0.29, 0.717) is 15.7 Å². The van der Waals surface area contributed by atoms with E-state index in [2.05, 4.69) is 15.0 Å². The number of hydrogen-bond acceptors (Lipinski definition) is 6. The van der Waals surface area contributed by atoms with Crippen molar-refractivity contribution >= 4 is 23.2 Å². The third-order valence-corrected chi connectivity index (χ3v) is 4.60. The molecule has 0 bridgehead atoms. The molecular formula is C15H16N4O3S. The smallest absolute Gasteiger partial charge is 0.308 e. The van der Waals surface area contributed by atoms with Crippen molar-refractivity contribution in [1.82, 2.24) is 19.9 Å². The van der Waals surface area contributed by atoms with E-state index in [9.17, 15) is 9.59 Å². The second kappa shape index (κ2) is 6.41. The number of rotatable bonds is 6. The lowest BCUT2D eigenvalue weighted by Gasteiger charge is -2.23. The Morgan fingerprint density at radius 2 is 2.04 bits per heavy atom. The number of aromatic nitrogens is 3. The quantitative estimate of drug-likeness (QED) is 0.868. The lowest BCUT2D eigenvalue weighted by atomic mass is 10.1. The third-order valence-electron chi connectivity index (χ3n) is 3.61.